The smallest absolute Gasteiger partial charge is 0.253 e. The van der Waals surface area contributed by atoms with Gasteiger partial charge in [-0.3, -0.25) is 9.78 Å². The summed E-state index contributed by atoms with van der Waals surface area (Å²) in [6, 6.07) is 3.80. The lowest BCUT2D eigenvalue weighted by molar-refractivity contribution is 0.0504. The lowest BCUT2D eigenvalue weighted by Crippen LogP contribution is -2.45. The maximum absolute atomic E-state index is 12.6. The normalized spacial score (nSPS) is 26.3. The Morgan fingerprint density at radius 2 is 2.11 bits per heavy atom. The van der Waals surface area contributed by atoms with Crippen LogP contribution in [-0.2, 0) is 6.42 Å². The van der Waals surface area contributed by atoms with E-state index in [0.717, 1.165) is 42.6 Å². The molecule has 3 nitrogen and oxygen atoms in total. The van der Waals surface area contributed by atoms with Crippen LogP contribution < -0.4 is 0 Å². The quantitative estimate of drug-likeness (QED) is 0.817. The second kappa shape index (κ2) is 5.32. The van der Waals surface area contributed by atoms with E-state index in [-0.39, 0.29) is 5.91 Å². The lowest BCUT2D eigenvalue weighted by Gasteiger charge is -2.41. The maximum atomic E-state index is 12.6. The summed E-state index contributed by atoms with van der Waals surface area (Å²) >= 11 is 0. The van der Waals surface area contributed by atoms with E-state index in [1.807, 2.05) is 12.1 Å². The van der Waals surface area contributed by atoms with Gasteiger partial charge in [-0.15, -0.1) is 0 Å². The number of hydrogen-bond donors (Lipinski definition) is 0. The summed E-state index contributed by atoms with van der Waals surface area (Å²) in [5.41, 5.74) is 1.81. The number of rotatable bonds is 2. The molecule has 0 radical (unpaired) electrons. The van der Waals surface area contributed by atoms with Crippen molar-refractivity contribution in [1.82, 2.24) is 9.88 Å². The van der Waals surface area contributed by atoms with Crippen molar-refractivity contribution in [3.63, 3.8) is 0 Å². The third kappa shape index (κ3) is 2.65. The minimum Gasteiger partial charge on any atom is -0.338 e. The van der Waals surface area contributed by atoms with Crippen LogP contribution in [0.1, 0.15) is 48.7 Å². The van der Waals surface area contributed by atoms with Crippen molar-refractivity contribution in [2.45, 2.75) is 39.0 Å². The summed E-state index contributed by atoms with van der Waals surface area (Å²) in [6.07, 6.45) is 7.93. The monoisotopic (exact) mass is 258 g/mol. The summed E-state index contributed by atoms with van der Waals surface area (Å²) in [6.45, 7) is 3.99. The van der Waals surface area contributed by atoms with Gasteiger partial charge in [-0.1, -0.05) is 13.3 Å². The van der Waals surface area contributed by atoms with Gasteiger partial charge in [0, 0.05) is 30.5 Å². The molecule has 3 rings (SSSR count). The van der Waals surface area contributed by atoms with Gasteiger partial charge in [0.2, 0.25) is 0 Å². The SMILES string of the molecule is CCc1cc(C(=O)N2C[C@H]3CCC[C@@H](C3)C2)ccn1. The van der Waals surface area contributed by atoms with E-state index in [1.54, 1.807) is 6.20 Å². The molecule has 19 heavy (non-hydrogen) atoms. The standard InChI is InChI=1S/C16H22N2O/c1-2-15-9-14(6-7-17-15)16(19)18-10-12-4-3-5-13(8-12)11-18/h6-7,9,12-13H,2-5,8,10-11H2,1H3/t12-,13-/m0/s1. The molecule has 0 N–H and O–H groups in total. The third-order valence-electron chi connectivity index (χ3n) is 4.56. The van der Waals surface area contributed by atoms with Crippen molar-refractivity contribution in [3.05, 3.63) is 29.6 Å². The molecule has 2 heterocycles. The van der Waals surface area contributed by atoms with Crippen molar-refractivity contribution in [2.75, 3.05) is 13.1 Å². The van der Waals surface area contributed by atoms with E-state index in [1.165, 1.54) is 25.7 Å². The summed E-state index contributed by atoms with van der Waals surface area (Å²) in [5, 5.41) is 0. The summed E-state index contributed by atoms with van der Waals surface area (Å²) in [4.78, 5) is 18.9. The maximum Gasteiger partial charge on any atom is 0.253 e. The molecule has 0 spiro atoms. The summed E-state index contributed by atoms with van der Waals surface area (Å²) in [5.74, 6) is 1.68. The zero-order chi connectivity index (χ0) is 13.2. The van der Waals surface area contributed by atoms with E-state index in [9.17, 15) is 4.79 Å². The first-order chi connectivity index (χ1) is 9.26. The van der Waals surface area contributed by atoms with Crippen LogP contribution in [0.2, 0.25) is 0 Å². The summed E-state index contributed by atoms with van der Waals surface area (Å²) < 4.78 is 0. The zero-order valence-corrected chi connectivity index (χ0v) is 11.6. The molecule has 2 bridgehead atoms. The highest BCUT2D eigenvalue weighted by atomic mass is 16.2. The second-order valence-corrected chi connectivity index (χ2v) is 6.00. The number of piperidine rings is 1. The van der Waals surface area contributed by atoms with Gasteiger partial charge in [0.1, 0.15) is 0 Å². The number of pyridine rings is 1. The van der Waals surface area contributed by atoms with Gasteiger partial charge in [-0.25, -0.2) is 0 Å². The number of amides is 1. The van der Waals surface area contributed by atoms with Gasteiger partial charge in [0.15, 0.2) is 0 Å². The number of nitrogens with zero attached hydrogens (tertiary/aromatic N) is 2. The zero-order valence-electron chi connectivity index (χ0n) is 11.6. The van der Waals surface area contributed by atoms with Crippen LogP contribution in [0.5, 0.6) is 0 Å². The fourth-order valence-corrected chi connectivity index (χ4v) is 3.58. The molecule has 1 amide bonds. The van der Waals surface area contributed by atoms with Crippen LogP contribution in [0.3, 0.4) is 0 Å². The predicted octanol–water partition coefficient (Wildman–Crippen LogP) is 2.91. The molecule has 1 saturated heterocycles. The van der Waals surface area contributed by atoms with Gasteiger partial charge >= 0.3 is 0 Å². The molecule has 1 aliphatic carbocycles. The highest BCUT2D eigenvalue weighted by molar-refractivity contribution is 5.94. The van der Waals surface area contributed by atoms with Crippen LogP contribution in [0.4, 0.5) is 0 Å². The number of aromatic nitrogens is 1. The second-order valence-electron chi connectivity index (χ2n) is 6.00. The van der Waals surface area contributed by atoms with E-state index in [4.69, 9.17) is 0 Å². The molecule has 2 fully saturated rings. The Kier molecular flexibility index (Phi) is 3.54. The van der Waals surface area contributed by atoms with Gasteiger partial charge < -0.3 is 4.90 Å². The molecule has 1 aromatic rings. The van der Waals surface area contributed by atoms with Crippen LogP contribution in [0, 0.1) is 11.8 Å². The Labute approximate surface area is 115 Å². The Bertz CT molecular complexity index is 460. The molecule has 1 aromatic heterocycles. The molecule has 0 aromatic carbocycles. The Hall–Kier alpha value is -1.38. The minimum absolute atomic E-state index is 0.203. The molecule has 2 aliphatic rings. The van der Waals surface area contributed by atoms with Crippen molar-refractivity contribution >= 4 is 5.91 Å². The first-order valence-electron chi connectivity index (χ1n) is 7.50. The minimum atomic E-state index is 0.203. The number of likely N-dealkylation sites (tertiary alicyclic amines) is 1. The predicted molar refractivity (Wildman–Crippen MR) is 75.0 cm³/mol. The van der Waals surface area contributed by atoms with Crippen LogP contribution in [0.15, 0.2) is 18.3 Å². The number of carbonyl (C=O) groups excluding carboxylic acids is 1. The van der Waals surface area contributed by atoms with Gasteiger partial charge in [0.25, 0.3) is 5.91 Å². The van der Waals surface area contributed by atoms with E-state index < -0.39 is 0 Å². The lowest BCUT2D eigenvalue weighted by atomic mass is 9.78. The molecule has 2 atom stereocenters. The van der Waals surface area contributed by atoms with E-state index in [0.29, 0.717) is 0 Å². The average Bonchev–Trinajstić information content (AvgIpc) is 2.46. The van der Waals surface area contributed by atoms with Crippen LogP contribution in [-0.4, -0.2) is 28.9 Å². The summed E-state index contributed by atoms with van der Waals surface area (Å²) in [7, 11) is 0. The molecule has 102 valence electrons. The largest absolute Gasteiger partial charge is 0.338 e. The first kappa shape index (κ1) is 12.6. The van der Waals surface area contributed by atoms with Gasteiger partial charge in [0.05, 0.1) is 0 Å². The highest BCUT2D eigenvalue weighted by Crippen LogP contribution is 2.34. The number of hydrogen-bond acceptors (Lipinski definition) is 2. The Morgan fingerprint density at radius 1 is 1.37 bits per heavy atom. The highest BCUT2D eigenvalue weighted by Gasteiger charge is 2.32. The van der Waals surface area contributed by atoms with Gasteiger partial charge in [-0.2, -0.15) is 0 Å². The molecule has 1 saturated carbocycles. The van der Waals surface area contributed by atoms with Crippen molar-refractivity contribution in [3.8, 4) is 0 Å². The van der Waals surface area contributed by atoms with Crippen molar-refractivity contribution in [2.24, 2.45) is 11.8 Å². The Balaban J connectivity index is 1.76. The van der Waals surface area contributed by atoms with Crippen molar-refractivity contribution in [1.29, 1.82) is 0 Å². The molecule has 0 unspecified atom stereocenters. The molecular formula is C16H22N2O. The average molecular weight is 258 g/mol. The van der Waals surface area contributed by atoms with E-state index >= 15 is 0 Å². The first-order valence-corrected chi connectivity index (χ1v) is 7.50. The molecular weight excluding hydrogens is 236 g/mol. The third-order valence-corrected chi connectivity index (χ3v) is 4.56. The topological polar surface area (TPSA) is 33.2 Å². The fourth-order valence-electron chi connectivity index (χ4n) is 3.58. The Morgan fingerprint density at radius 3 is 2.79 bits per heavy atom. The van der Waals surface area contributed by atoms with E-state index in [2.05, 4.69) is 16.8 Å². The molecule has 1 aliphatic heterocycles. The number of carbonyl (C=O) groups is 1. The van der Waals surface area contributed by atoms with Crippen LogP contribution in [0.25, 0.3) is 0 Å². The number of fused-ring (bicyclic) bond motifs is 2. The van der Waals surface area contributed by atoms with Crippen molar-refractivity contribution < 1.29 is 4.79 Å². The number of aryl methyl sites for hydroxylation is 1. The molecule has 3 heteroatoms. The van der Waals surface area contributed by atoms with Crippen LogP contribution >= 0.6 is 0 Å². The fraction of sp³-hybridized carbons (Fsp3) is 0.625. The van der Waals surface area contributed by atoms with Gasteiger partial charge in [-0.05, 0) is 49.7 Å².